The van der Waals surface area contributed by atoms with E-state index in [0.717, 1.165) is 45.9 Å². The lowest BCUT2D eigenvalue weighted by Crippen LogP contribution is -2.77. The molecular formula is C29H38N5O4+. The standard InChI is InChI=1S/C29H37N5O4/c1-6-30-21-15-24-23(14-18(21)2)34-27-20-11-8-7-10-19(20)22(16-25(27)37-24)31-12-9-13-32-26(35)17-33-28(36)38-29(3,4)5/h7-8,10-11,14-16,30-31,34H,6,9,12-13,17H2,1-5H3,(H,32,35)(H,33,36)/p+1. The lowest BCUT2D eigenvalue weighted by Gasteiger charge is -2.25. The van der Waals surface area contributed by atoms with Gasteiger partial charge in [-0.05, 0) is 47.1 Å². The van der Waals surface area contributed by atoms with Gasteiger partial charge < -0.3 is 36.1 Å². The van der Waals surface area contributed by atoms with E-state index in [1.54, 1.807) is 20.8 Å². The molecule has 4 rings (SSSR count). The smallest absolute Gasteiger partial charge is 0.408 e. The molecule has 3 aromatic rings. The van der Waals surface area contributed by atoms with E-state index < -0.39 is 11.7 Å². The lowest BCUT2D eigenvalue weighted by molar-refractivity contribution is -0.568. The molecule has 0 unspecified atom stereocenters. The first kappa shape index (κ1) is 27.1. The number of carbonyl (C=O) groups is 2. The van der Waals surface area contributed by atoms with E-state index in [9.17, 15) is 9.59 Å². The van der Waals surface area contributed by atoms with Gasteiger partial charge in [0, 0.05) is 47.2 Å². The first-order valence-electron chi connectivity index (χ1n) is 13.1. The van der Waals surface area contributed by atoms with Gasteiger partial charge in [0.15, 0.2) is 11.5 Å². The largest absolute Gasteiger partial charge is 0.453 e. The van der Waals surface area contributed by atoms with Gasteiger partial charge in [-0.25, -0.2) is 4.79 Å². The molecule has 0 saturated carbocycles. The summed E-state index contributed by atoms with van der Waals surface area (Å²) in [5.41, 5.74) is 4.67. The van der Waals surface area contributed by atoms with E-state index in [1.165, 1.54) is 11.3 Å². The summed E-state index contributed by atoms with van der Waals surface area (Å²) in [6, 6.07) is 14.5. The molecular weight excluding hydrogens is 482 g/mol. The number of carbonyl (C=O) groups excluding carboxylic acids is 2. The summed E-state index contributed by atoms with van der Waals surface area (Å²) in [4.78, 5) is 23.7. The maximum Gasteiger partial charge on any atom is 0.408 e. The molecule has 9 heteroatoms. The van der Waals surface area contributed by atoms with Crippen LogP contribution in [0.3, 0.4) is 0 Å². The highest BCUT2D eigenvalue weighted by Gasteiger charge is 2.23. The van der Waals surface area contributed by atoms with Crippen molar-refractivity contribution < 1.29 is 24.4 Å². The zero-order valence-electron chi connectivity index (χ0n) is 22.8. The molecule has 0 aromatic heterocycles. The average Bonchev–Trinajstić information content (AvgIpc) is 2.86. The van der Waals surface area contributed by atoms with Crippen LogP contribution in [0.25, 0.3) is 10.8 Å². The number of anilines is 3. The predicted molar refractivity (Wildman–Crippen MR) is 151 cm³/mol. The van der Waals surface area contributed by atoms with Gasteiger partial charge in [-0.2, -0.15) is 0 Å². The van der Waals surface area contributed by atoms with E-state index in [-0.39, 0.29) is 12.5 Å². The van der Waals surface area contributed by atoms with Crippen LogP contribution in [-0.2, 0) is 9.53 Å². The Kier molecular flexibility index (Phi) is 8.26. The third kappa shape index (κ3) is 6.66. The van der Waals surface area contributed by atoms with Crippen molar-refractivity contribution in [2.45, 2.75) is 46.6 Å². The van der Waals surface area contributed by atoms with Crippen LogP contribution in [0.2, 0.25) is 0 Å². The molecule has 6 N–H and O–H groups in total. The maximum atomic E-state index is 12.0. The number of hydrogen-bond acceptors (Lipinski definition) is 6. The first-order valence-corrected chi connectivity index (χ1v) is 13.1. The Hall–Kier alpha value is -3.98. The second-order valence-electron chi connectivity index (χ2n) is 10.4. The molecule has 0 atom stereocenters. The van der Waals surface area contributed by atoms with Crippen molar-refractivity contribution >= 4 is 45.5 Å². The number of rotatable bonds is 9. The van der Waals surface area contributed by atoms with Crippen molar-refractivity contribution in [2.75, 3.05) is 36.8 Å². The fourth-order valence-corrected chi connectivity index (χ4v) is 4.35. The summed E-state index contributed by atoms with van der Waals surface area (Å²) in [7, 11) is 0. The minimum Gasteiger partial charge on any atom is -0.453 e. The summed E-state index contributed by atoms with van der Waals surface area (Å²) in [5, 5.41) is 16.7. The van der Waals surface area contributed by atoms with Crippen LogP contribution < -0.4 is 31.3 Å². The van der Waals surface area contributed by atoms with Crippen molar-refractivity contribution in [1.82, 2.24) is 10.6 Å². The second kappa shape index (κ2) is 11.6. The molecule has 38 heavy (non-hydrogen) atoms. The molecule has 202 valence electrons. The Balaban J connectivity index is 1.37. The van der Waals surface area contributed by atoms with Gasteiger partial charge in [0.2, 0.25) is 5.91 Å². The van der Waals surface area contributed by atoms with Crippen LogP contribution in [0.1, 0.15) is 39.7 Å². The minimum atomic E-state index is -0.609. The van der Waals surface area contributed by atoms with E-state index >= 15 is 0 Å². The lowest BCUT2D eigenvalue weighted by atomic mass is 10.0. The van der Waals surface area contributed by atoms with Gasteiger partial charge in [-0.1, -0.05) is 24.3 Å². The highest BCUT2D eigenvalue weighted by molar-refractivity contribution is 6.06. The van der Waals surface area contributed by atoms with Crippen molar-refractivity contribution in [3.63, 3.8) is 0 Å². The van der Waals surface area contributed by atoms with E-state index in [0.29, 0.717) is 19.5 Å². The number of nitrogens with one attached hydrogen (secondary N) is 4. The van der Waals surface area contributed by atoms with E-state index in [1.807, 2.05) is 18.2 Å². The summed E-state index contributed by atoms with van der Waals surface area (Å²) >= 11 is 0. The summed E-state index contributed by atoms with van der Waals surface area (Å²) in [6.07, 6.45) is 0.101. The summed E-state index contributed by atoms with van der Waals surface area (Å²) in [5.74, 6) is 1.32. The monoisotopic (exact) mass is 520 g/mol. The number of nitrogens with two attached hydrogens (primary N) is 1. The molecule has 2 amide bonds. The van der Waals surface area contributed by atoms with Gasteiger partial charge in [-0.3, -0.25) is 4.79 Å². The number of alkyl carbamates (subject to hydrolysis) is 1. The van der Waals surface area contributed by atoms with Gasteiger partial charge in [0.05, 0.1) is 24.5 Å². The van der Waals surface area contributed by atoms with E-state index in [2.05, 4.69) is 64.7 Å². The molecule has 1 heterocycles. The normalized spacial score (nSPS) is 12.0. The highest BCUT2D eigenvalue weighted by Crippen LogP contribution is 2.48. The van der Waals surface area contributed by atoms with E-state index in [4.69, 9.17) is 9.47 Å². The van der Waals surface area contributed by atoms with Gasteiger partial charge in [0.1, 0.15) is 11.3 Å². The number of aryl methyl sites for hydroxylation is 1. The van der Waals surface area contributed by atoms with Crippen LogP contribution in [-0.4, -0.2) is 43.8 Å². The fourth-order valence-electron chi connectivity index (χ4n) is 4.35. The highest BCUT2D eigenvalue weighted by atomic mass is 16.6. The number of fused-ring (bicyclic) bond motifs is 4. The molecule has 9 nitrogen and oxygen atoms in total. The maximum absolute atomic E-state index is 12.0. The quantitative estimate of drug-likeness (QED) is 0.162. The van der Waals surface area contributed by atoms with Crippen molar-refractivity contribution in [2.24, 2.45) is 0 Å². The molecule has 0 fully saturated rings. The number of amides is 2. The van der Waals surface area contributed by atoms with Crippen molar-refractivity contribution in [3.05, 3.63) is 48.0 Å². The number of hydrogen-bond donors (Lipinski definition) is 5. The van der Waals surface area contributed by atoms with Crippen LogP contribution in [0.4, 0.5) is 27.5 Å². The number of ether oxygens (including phenoxy) is 2. The second-order valence-corrected chi connectivity index (χ2v) is 10.4. The first-order chi connectivity index (χ1) is 18.1. The van der Waals surface area contributed by atoms with Crippen molar-refractivity contribution in [1.29, 1.82) is 0 Å². The third-order valence-corrected chi connectivity index (χ3v) is 6.06. The molecule has 0 spiro atoms. The molecule has 1 aliphatic rings. The third-order valence-electron chi connectivity index (χ3n) is 6.06. The summed E-state index contributed by atoms with van der Waals surface area (Å²) in [6.45, 7) is 11.5. The molecule has 0 aliphatic carbocycles. The van der Waals surface area contributed by atoms with Crippen LogP contribution >= 0.6 is 0 Å². The molecule has 3 aromatic carbocycles. The Bertz CT molecular complexity index is 1330. The Morgan fingerprint density at radius 3 is 2.53 bits per heavy atom. The van der Waals surface area contributed by atoms with Crippen molar-refractivity contribution in [3.8, 4) is 11.5 Å². The van der Waals surface area contributed by atoms with Gasteiger partial charge >= 0.3 is 6.09 Å². The number of benzene rings is 3. The topological polar surface area (TPSA) is 117 Å². The fraction of sp³-hybridized carbons (Fsp3) is 0.379. The average molecular weight is 521 g/mol. The Labute approximate surface area is 223 Å². The van der Waals surface area contributed by atoms with Gasteiger partial charge in [0.25, 0.3) is 0 Å². The van der Waals surface area contributed by atoms with Crippen LogP contribution in [0.5, 0.6) is 11.5 Å². The molecule has 0 bridgehead atoms. The SMILES string of the molecule is CC[NH2+]c1cc2c(cc1C)Nc1c(cc(NCCCNC(=O)CNC(=O)OC(C)(C)C)c3ccccc13)O2. The van der Waals surface area contributed by atoms with Crippen LogP contribution in [0, 0.1) is 6.92 Å². The Morgan fingerprint density at radius 1 is 1.03 bits per heavy atom. The van der Waals surface area contributed by atoms with Crippen LogP contribution in [0.15, 0.2) is 42.5 Å². The minimum absolute atomic E-state index is 0.124. The zero-order valence-corrected chi connectivity index (χ0v) is 22.8. The molecule has 0 radical (unpaired) electrons. The number of quaternary nitrogens is 1. The summed E-state index contributed by atoms with van der Waals surface area (Å²) < 4.78 is 11.5. The molecule has 1 aliphatic heterocycles. The predicted octanol–water partition coefficient (Wildman–Crippen LogP) is 4.66. The molecule has 0 saturated heterocycles. The van der Waals surface area contributed by atoms with Gasteiger partial charge in [-0.15, -0.1) is 0 Å². The zero-order chi connectivity index (χ0) is 27.3. The Morgan fingerprint density at radius 2 is 1.79 bits per heavy atom.